The van der Waals surface area contributed by atoms with Gasteiger partial charge in [0, 0.05) is 33.1 Å². The summed E-state index contributed by atoms with van der Waals surface area (Å²) in [6, 6.07) is 14.0. The summed E-state index contributed by atoms with van der Waals surface area (Å²) in [6.07, 6.45) is 2.98. The number of ether oxygens (including phenoxy) is 1. The molecule has 5 nitrogen and oxygen atoms in total. The van der Waals surface area contributed by atoms with Crippen molar-refractivity contribution in [2.24, 2.45) is 5.73 Å². The van der Waals surface area contributed by atoms with Gasteiger partial charge in [0.2, 0.25) is 0 Å². The lowest BCUT2D eigenvalue weighted by Crippen LogP contribution is -2.38. The number of Topliss-reactive ketones (excluding diaryl/α,β-unsaturated/α-hetero) is 1. The number of carbonyl (C=O) groups is 1. The Labute approximate surface area is 174 Å². The summed E-state index contributed by atoms with van der Waals surface area (Å²) in [4.78, 5) is 17.2. The third kappa shape index (κ3) is 3.22. The third-order valence-corrected chi connectivity index (χ3v) is 6.85. The molecule has 1 aromatic heterocycles. The Bertz CT molecular complexity index is 1060. The highest BCUT2D eigenvalue weighted by Crippen LogP contribution is 2.47. The minimum absolute atomic E-state index is 0.112. The quantitative estimate of drug-likeness (QED) is 0.803. The second kappa shape index (κ2) is 7.76. The molecule has 0 amide bonds. The van der Waals surface area contributed by atoms with Crippen LogP contribution in [0.15, 0.2) is 59.1 Å². The van der Waals surface area contributed by atoms with E-state index in [1.807, 2.05) is 35.2 Å². The molecular weight excluding hydrogens is 382 g/mol. The molecule has 1 aliphatic carbocycles. The predicted molar refractivity (Wildman–Crippen MR) is 115 cm³/mol. The van der Waals surface area contributed by atoms with E-state index in [0.29, 0.717) is 17.8 Å². The van der Waals surface area contributed by atoms with Crippen LogP contribution >= 0.6 is 11.3 Å². The van der Waals surface area contributed by atoms with Gasteiger partial charge in [-0.2, -0.15) is 5.26 Å². The first-order valence-corrected chi connectivity index (χ1v) is 10.6. The Balaban J connectivity index is 1.91. The lowest BCUT2D eigenvalue weighted by atomic mass is 9.78. The number of anilines is 1. The van der Waals surface area contributed by atoms with E-state index in [-0.39, 0.29) is 11.7 Å². The summed E-state index contributed by atoms with van der Waals surface area (Å²) >= 11 is 1.66. The summed E-state index contributed by atoms with van der Waals surface area (Å²) in [6.45, 7) is 2.10. The summed E-state index contributed by atoms with van der Waals surface area (Å²) in [7, 11) is 1.62. The van der Waals surface area contributed by atoms with Crippen LogP contribution in [0.25, 0.3) is 0 Å². The van der Waals surface area contributed by atoms with Crippen molar-refractivity contribution >= 4 is 22.8 Å². The van der Waals surface area contributed by atoms with Crippen LogP contribution in [0, 0.1) is 11.3 Å². The lowest BCUT2D eigenvalue weighted by Gasteiger charge is -2.39. The molecule has 0 radical (unpaired) electrons. The first-order chi connectivity index (χ1) is 14.1. The maximum absolute atomic E-state index is 13.1. The fourth-order valence-corrected chi connectivity index (χ4v) is 5.21. The van der Waals surface area contributed by atoms with Gasteiger partial charge < -0.3 is 10.5 Å². The van der Waals surface area contributed by atoms with Gasteiger partial charge in [-0.3, -0.25) is 9.69 Å². The van der Waals surface area contributed by atoms with E-state index in [9.17, 15) is 10.1 Å². The fourth-order valence-electron chi connectivity index (χ4n) is 4.14. The van der Waals surface area contributed by atoms with Crippen LogP contribution in [0.2, 0.25) is 0 Å². The number of thiophene rings is 1. The van der Waals surface area contributed by atoms with Gasteiger partial charge in [-0.25, -0.2) is 0 Å². The van der Waals surface area contributed by atoms with Crippen molar-refractivity contribution < 1.29 is 9.53 Å². The molecule has 1 atom stereocenters. The van der Waals surface area contributed by atoms with Crippen molar-refractivity contribution in [2.75, 3.05) is 12.0 Å². The molecule has 0 spiro atoms. The minimum atomic E-state index is -0.373. The molecule has 4 rings (SSSR count). The zero-order chi connectivity index (χ0) is 20.5. The van der Waals surface area contributed by atoms with E-state index < -0.39 is 0 Å². The Morgan fingerprint density at radius 1 is 1.24 bits per heavy atom. The van der Waals surface area contributed by atoms with Crippen LogP contribution in [-0.2, 0) is 11.2 Å². The minimum Gasteiger partial charge on any atom is -0.497 e. The van der Waals surface area contributed by atoms with Crippen molar-refractivity contribution in [2.45, 2.75) is 38.5 Å². The van der Waals surface area contributed by atoms with E-state index in [2.05, 4.69) is 19.1 Å². The van der Waals surface area contributed by atoms with Crippen LogP contribution < -0.4 is 15.4 Å². The van der Waals surface area contributed by atoms with Gasteiger partial charge in [-0.15, -0.1) is 11.3 Å². The van der Waals surface area contributed by atoms with Crippen molar-refractivity contribution in [3.8, 4) is 11.8 Å². The number of allylic oxidation sites excluding steroid dienone is 3. The summed E-state index contributed by atoms with van der Waals surface area (Å²) in [5, 5.41) is 10.0. The number of nitrogens with zero attached hydrogens (tertiary/aromatic N) is 2. The van der Waals surface area contributed by atoms with Crippen LogP contribution in [0.3, 0.4) is 0 Å². The Morgan fingerprint density at radius 3 is 2.62 bits per heavy atom. The van der Waals surface area contributed by atoms with Gasteiger partial charge in [-0.1, -0.05) is 6.92 Å². The highest BCUT2D eigenvalue weighted by atomic mass is 32.1. The highest BCUT2D eigenvalue weighted by molar-refractivity contribution is 7.12. The number of carbonyl (C=O) groups excluding carboxylic acids is 1. The molecule has 0 saturated heterocycles. The molecule has 148 valence electrons. The second-order valence-electron chi connectivity index (χ2n) is 7.17. The molecule has 2 heterocycles. The van der Waals surface area contributed by atoms with Crippen molar-refractivity contribution in [1.29, 1.82) is 5.26 Å². The van der Waals surface area contributed by atoms with Crippen molar-refractivity contribution in [3.05, 3.63) is 68.8 Å². The molecule has 0 fully saturated rings. The van der Waals surface area contributed by atoms with Gasteiger partial charge in [-0.05, 0) is 55.7 Å². The normalized spacial score (nSPS) is 19.3. The molecule has 29 heavy (non-hydrogen) atoms. The third-order valence-electron chi connectivity index (χ3n) is 5.56. The predicted octanol–water partition coefficient (Wildman–Crippen LogP) is 4.62. The van der Waals surface area contributed by atoms with Gasteiger partial charge >= 0.3 is 0 Å². The topological polar surface area (TPSA) is 79.3 Å². The number of benzene rings is 1. The number of rotatable bonds is 4. The number of methoxy groups -OCH3 is 1. The zero-order valence-corrected chi connectivity index (χ0v) is 17.4. The number of nitrogens with two attached hydrogens (primary N) is 1. The highest BCUT2D eigenvalue weighted by Gasteiger charge is 2.40. The molecule has 1 unspecified atom stereocenters. The lowest BCUT2D eigenvalue weighted by molar-refractivity contribution is -0.116. The maximum Gasteiger partial charge on any atom is 0.161 e. The molecule has 2 aliphatic rings. The molecular formula is C23H23N3O2S. The molecule has 6 heteroatoms. The van der Waals surface area contributed by atoms with Crippen LogP contribution in [0.5, 0.6) is 5.75 Å². The maximum atomic E-state index is 13.1. The van der Waals surface area contributed by atoms with E-state index in [1.165, 1.54) is 4.88 Å². The van der Waals surface area contributed by atoms with Gasteiger partial charge in [0.25, 0.3) is 0 Å². The first kappa shape index (κ1) is 19.3. The number of aryl methyl sites for hydroxylation is 1. The number of hydrogen-bond donors (Lipinski definition) is 1. The van der Waals surface area contributed by atoms with E-state index >= 15 is 0 Å². The number of ketones is 1. The van der Waals surface area contributed by atoms with Crippen molar-refractivity contribution in [3.63, 3.8) is 0 Å². The fraction of sp³-hybridized carbons (Fsp3) is 0.304. The molecule has 0 saturated carbocycles. The molecule has 0 bridgehead atoms. The van der Waals surface area contributed by atoms with E-state index in [0.717, 1.165) is 46.8 Å². The Morgan fingerprint density at radius 2 is 2.00 bits per heavy atom. The summed E-state index contributed by atoms with van der Waals surface area (Å²) in [5.74, 6) is 0.887. The van der Waals surface area contributed by atoms with E-state index in [1.54, 1.807) is 18.4 Å². The van der Waals surface area contributed by atoms with Gasteiger partial charge in [0.05, 0.1) is 24.7 Å². The van der Waals surface area contributed by atoms with Crippen LogP contribution in [0.4, 0.5) is 5.69 Å². The summed E-state index contributed by atoms with van der Waals surface area (Å²) < 4.78 is 5.26. The number of nitriles is 1. The average molecular weight is 406 g/mol. The average Bonchev–Trinajstić information content (AvgIpc) is 3.22. The molecule has 1 aliphatic heterocycles. The first-order valence-electron chi connectivity index (χ1n) is 9.77. The van der Waals surface area contributed by atoms with Crippen molar-refractivity contribution in [1.82, 2.24) is 0 Å². The largest absolute Gasteiger partial charge is 0.497 e. The second-order valence-corrected chi connectivity index (χ2v) is 8.37. The van der Waals surface area contributed by atoms with E-state index in [4.69, 9.17) is 10.5 Å². The Kier molecular flexibility index (Phi) is 5.16. The van der Waals surface area contributed by atoms with Crippen LogP contribution in [-0.4, -0.2) is 12.9 Å². The van der Waals surface area contributed by atoms with Gasteiger partial charge in [0.1, 0.15) is 11.6 Å². The number of hydrogen-bond acceptors (Lipinski definition) is 6. The van der Waals surface area contributed by atoms with Gasteiger partial charge in [0.15, 0.2) is 5.78 Å². The Hall–Kier alpha value is -3.04. The summed E-state index contributed by atoms with van der Waals surface area (Å²) in [5.41, 5.74) is 9.48. The monoisotopic (exact) mass is 405 g/mol. The molecule has 1 aromatic carbocycles. The van der Waals surface area contributed by atoms with Crippen LogP contribution in [0.1, 0.15) is 41.9 Å². The smallest absolute Gasteiger partial charge is 0.161 e. The SMILES string of the molecule is CCc1ccc(C2C(C#N)=C(N)N(c3ccc(OC)cc3)C3=C2C(=O)CCC3)s1. The zero-order valence-electron chi connectivity index (χ0n) is 16.6. The standard InChI is InChI=1S/C23H23N3O2S/c1-3-16-11-12-20(29-16)21-17(13-24)23(25)26(14-7-9-15(28-2)10-8-14)18-5-4-6-19(27)22(18)21/h7-12,21H,3-6,25H2,1-2H3. The molecule has 2 aromatic rings. The molecule has 2 N–H and O–H groups in total.